The van der Waals surface area contributed by atoms with Gasteiger partial charge in [-0.1, -0.05) is 0 Å². The molecule has 0 saturated heterocycles. The lowest BCUT2D eigenvalue weighted by Gasteiger charge is -2.25. The second-order valence-electron chi connectivity index (χ2n) is 7.46. The summed E-state index contributed by atoms with van der Waals surface area (Å²) in [5.74, 6) is -6.73. The second kappa shape index (κ2) is 16.3. The minimum absolute atomic E-state index is 0.0375. The number of carboxylic acids is 3. The summed E-state index contributed by atoms with van der Waals surface area (Å²) < 4.78 is 0. The smallest absolute Gasteiger partial charge is 0.326 e. The van der Waals surface area contributed by atoms with Crippen molar-refractivity contribution in [2.75, 3.05) is 13.2 Å². The van der Waals surface area contributed by atoms with Crippen molar-refractivity contribution in [1.29, 1.82) is 0 Å². The highest BCUT2D eigenvalue weighted by Gasteiger charge is 2.30. The molecule has 0 aliphatic carbocycles. The van der Waals surface area contributed by atoms with Gasteiger partial charge in [0.15, 0.2) is 0 Å². The molecule has 0 aliphatic heterocycles. The van der Waals surface area contributed by atoms with Crippen LogP contribution in [0, 0.1) is 0 Å². The third-order valence-corrected chi connectivity index (χ3v) is 4.65. The van der Waals surface area contributed by atoms with Gasteiger partial charge in [-0.05, 0) is 38.6 Å². The average Bonchev–Trinajstić information content (AvgIpc) is 2.77. The first kappa shape index (κ1) is 30.7. The van der Waals surface area contributed by atoms with E-state index in [1.165, 1.54) is 0 Å². The molecule has 0 radical (unpaired) electrons. The fourth-order valence-corrected chi connectivity index (χ4v) is 2.73. The number of aliphatic carboxylic acids is 3. The molecule has 15 heteroatoms. The molecule has 34 heavy (non-hydrogen) atoms. The Morgan fingerprint density at radius 2 is 1.12 bits per heavy atom. The molecule has 4 unspecified atom stereocenters. The Bertz CT molecular complexity index is 732. The number of hydrogen-bond donors (Lipinski definition) is 9. The molecule has 4 atom stereocenters. The van der Waals surface area contributed by atoms with Crippen molar-refractivity contribution < 1.29 is 49.2 Å². The van der Waals surface area contributed by atoms with Gasteiger partial charge in [0.25, 0.3) is 0 Å². The molecule has 0 aromatic rings. The van der Waals surface area contributed by atoms with E-state index in [0.29, 0.717) is 12.8 Å². The van der Waals surface area contributed by atoms with Crippen LogP contribution in [0.2, 0.25) is 0 Å². The molecule has 0 fully saturated rings. The molecule has 0 aromatic heterocycles. The average molecular weight is 491 g/mol. The van der Waals surface area contributed by atoms with E-state index >= 15 is 0 Å². The summed E-state index contributed by atoms with van der Waals surface area (Å²) in [5, 5.41) is 42.7. The molecule has 0 rings (SSSR count). The van der Waals surface area contributed by atoms with Gasteiger partial charge in [0.2, 0.25) is 17.7 Å². The Kier molecular flexibility index (Phi) is 14.7. The first-order valence-electron chi connectivity index (χ1n) is 10.6. The van der Waals surface area contributed by atoms with E-state index in [-0.39, 0.29) is 19.4 Å². The molecule has 3 amide bonds. The van der Waals surface area contributed by atoms with Crippen molar-refractivity contribution in [1.82, 2.24) is 16.0 Å². The number of aliphatic hydroxyl groups is 1. The quantitative estimate of drug-likeness (QED) is 0.0853. The fourth-order valence-electron chi connectivity index (χ4n) is 2.73. The number of amides is 3. The topological polar surface area (TPSA) is 271 Å². The van der Waals surface area contributed by atoms with Crippen molar-refractivity contribution >= 4 is 35.6 Å². The number of nitrogens with two attached hydrogens (primary N) is 2. The van der Waals surface area contributed by atoms with E-state index in [2.05, 4.69) is 16.0 Å². The van der Waals surface area contributed by atoms with Crippen LogP contribution in [0.4, 0.5) is 0 Å². The highest BCUT2D eigenvalue weighted by molar-refractivity contribution is 5.94. The molecule has 0 aromatic carbocycles. The maximum atomic E-state index is 12.8. The number of carbonyl (C=O) groups is 6. The van der Waals surface area contributed by atoms with Crippen molar-refractivity contribution in [3.8, 4) is 0 Å². The van der Waals surface area contributed by atoms with Crippen LogP contribution in [-0.2, 0) is 28.8 Å². The van der Waals surface area contributed by atoms with Crippen LogP contribution in [0.1, 0.15) is 44.9 Å². The number of rotatable bonds is 18. The molecular weight excluding hydrogens is 458 g/mol. The van der Waals surface area contributed by atoms with Crippen LogP contribution < -0.4 is 27.4 Å². The lowest BCUT2D eigenvalue weighted by molar-refractivity contribution is -0.143. The number of nitrogens with one attached hydrogen (secondary N) is 3. The minimum atomic E-state index is -1.53. The summed E-state index contributed by atoms with van der Waals surface area (Å²) in [6.07, 6.45) is -0.887. The number of hydrogen-bond acceptors (Lipinski definition) is 9. The van der Waals surface area contributed by atoms with E-state index in [9.17, 15) is 33.9 Å². The highest BCUT2D eigenvalue weighted by atomic mass is 16.4. The van der Waals surface area contributed by atoms with Gasteiger partial charge >= 0.3 is 17.9 Å². The Morgan fingerprint density at radius 3 is 1.56 bits per heavy atom. The zero-order valence-corrected chi connectivity index (χ0v) is 18.6. The Labute approximate surface area is 195 Å². The molecule has 0 heterocycles. The number of carboxylic acid groups (broad SMARTS) is 3. The molecule has 15 nitrogen and oxygen atoms in total. The molecular formula is C19H33N5O10. The van der Waals surface area contributed by atoms with Crippen LogP contribution >= 0.6 is 0 Å². The molecule has 0 aliphatic rings. The first-order chi connectivity index (χ1) is 15.9. The fraction of sp³-hybridized carbons (Fsp3) is 0.684. The molecule has 194 valence electrons. The summed E-state index contributed by atoms with van der Waals surface area (Å²) in [4.78, 5) is 70.5. The van der Waals surface area contributed by atoms with Gasteiger partial charge in [0.05, 0.1) is 6.61 Å². The van der Waals surface area contributed by atoms with Crippen LogP contribution in [-0.4, -0.2) is 93.4 Å². The number of carbonyl (C=O) groups excluding carboxylic acids is 3. The monoisotopic (exact) mass is 491 g/mol. The molecule has 0 saturated carbocycles. The summed E-state index contributed by atoms with van der Waals surface area (Å²) in [6, 6.07) is -5.58. The molecule has 0 bridgehead atoms. The van der Waals surface area contributed by atoms with Gasteiger partial charge in [-0.15, -0.1) is 0 Å². The Hall–Kier alpha value is -3.30. The van der Waals surface area contributed by atoms with E-state index in [4.69, 9.17) is 26.8 Å². The number of unbranched alkanes of at least 4 members (excludes halogenated alkanes) is 1. The van der Waals surface area contributed by atoms with E-state index in [1.807, 2.05) is 0 Å². The number of aliphatic hydroxyl groups excluding tert-OH is 1. The summed E-state index contributed by atoms with van der Waals surface area (Å²) >= 11 is 0. The van der Waals surface area contributed by atoms with E-state index < -0.39 is 85.7 Å². The summed E-state index contributed by atoms with van der Waals surface area (Å²) in [7, 11) is 0. The maximum Gasteiger partial charge on any atom is 0.326 e. The van der Waals surface area contributed by atoms with Crippen molar-refractivity contribution in [3.05, 3.63) is 0 Å². The first-order valence-corrected chi connectivity index (χ1v) is 10.6. The maximum absolute atomic E-state index is 12.8. The third-order valence-electron chi connectivity index (χ3n) is 4.65. The normalized spacial score (nSPS) is 14.2. The van der Waals surface area contributed by atoms with Gasteiger partial charge in [0, 0.05) is 12.8 Å². The zero-order chi connectivity index (χ0) is 26.3. The predicted molar refractivity (Wildman–Crippen MR) is 115 cm³/mol. The van der Waals surface area contributed by atoms with Crippen molar-refractivity contribution in [3.63, 3.8) is 0 Å². The zero-order valence-electron chi connectivity index (χ0n) is 18.6. The predicted octanol–water partition coefficient (Wildman–Crippen LogP) is -3.30. The van der Waals surface area contributed by atoms with Crippen molar-refractivity contribution in [2.24, 2.45) is 11.5 Å². The molecule has 11 N–H and O–H groups in total. The van der Waals surface area contributed by atoms with Gasteiger partial charge in [-0.3, -0.25) is 24.0 Å². The van der Waals surface area contributed by atoms with Crippen LogP contribution in [0.25, 0.3) is 0 Å². The molecule has 0 spiro atoms. The third kappa shape index (κ3) is 12.7. The lowest BCUT2D eigenvalue weighted by atomic mass is 10.0. The second-order valence-corrected chi connectivity index (χ2v) is 7.46. The van der Waals surface area contributed by atoms with Crippen LogP contribution in [0.5, 0.6) is 0 Å². The van der Waals surface area contributed by atoms with Crippen molar-refractivity contribution in [2.45, 2.75) is 69.1 Å². The van der Waals surface area contributed by atoms with Gasteiger partial charge in [-0.25, -0.2) is 4.79 Å². The SMILES string of the molecule is NCCCCC(NC(=O)C(CCC(=O)O)NC(=O)C(N)CO)C(=O)NC(CCC(=O)O)C(=O)O. The van der Waals surface area contributed by atoms with E-state index in [0.717, 1.165) is 0 Å². The van der Waals surface area contributed by atoms with Gasteiger partial charge in [0.1, 0.15) is 24.2 Å². The van der Waals surface area contributed by atoms with E-state index in [1.54, 1.807) is 0 Å². The van der Waals surface area contributed by atoms with Crippen LogP contribution in [0.3, 0.4) is 0 Å². The van der Waals surface area contributed by atoms with Gasteiger partial charge in [-0.2, -0.15) is 0 Å². The largest absolute Gasteiger partial charge is 0.481 e. The summed E-state index contributed by atoms with van der Waals surface area (Å²) in [5.41, 5.74) is 10.8. The van der Waals surface area contributed by atoms with Gasteiger partial charge < -0.3 is 47.8 Å². The standard InChI is InChI=1S/C19H33N5O10/c20-8-2-1-3-11(17(31)24-13(19(33)34)5-7-15(28)29)23-18(32)12(4-6-14(26)27)22-16(30)10(21)9-25/h10-13,25H,1-9,20-21H2,(H,22,30)(H,23,32)(H,24,31)(H,26,27)(H,28,29)(H,33,34). The minimum Gasteiger partial charge on any atom is -0.481 e. The lowest BCUT2D eigenvalue weighted by Crippen LogP contribution is -2.57. The Morgan fingerprint density at radius 1 is 0.676 bits per heavy atom. The Balaban J connectivity index is 5.53. The summed E-state index contributed by atoms with van der Waals surface area (Å²) in [6.45, 7) is -0.439. The highest BCUT2D eigenvalue weighted by Crippen LogP contribution is 2.06. The van der Waals surface area contributed by atoms with Crippen LogP contribution in [0.15, 0.2) is 0 Å².